The first kappa shape index (κ1) is 8.97. The molecule has 1 heterocycles. The minimum Gasteiger partial charge on any atom is -0.323 e. The second-order valence-electron chi connectivity index (χ2n) is 2.23. The average Bonchev–Trinajstić information content (AvgIpc) is 2.36. The summed E-state index contributed by atoms with van der Waals surface area (Å²) >= 11 is 7.08. The number of hydrogen-bond donors (Lipinski definition) is 1. The molecule has 0 radical (unpaired) electrons. The molecule has 62 valence electrons. The highest BCUT2D eigenvalue weighted by molar-refractivity contribution is 7.16. The lowest BCUT2D eigenvalue weighted by Crippen LogP contribution is -2.08. The summed E-state index contributed by atoms with van der Waals surface area (Å²) in [4.78, 5) is 0.952. The zero-order valence-electron chi connectivity index (χ0n) is 5.89. The fourth-order valence-corrected chi connectivity index (χ4v) is 1.88. The van der Waals surface area contributed by atoms with Crippen LogP contribution in [-0.2, 0) is 0 Å². The summed E-state index contributed by atoms with van der Waals surface area (Å²) in [6, 6.07) is 3.42. The molecule has 0 unspecified atom stereocenters. The zero-order valence-corrected chi connectivity index (χ0v) is 7.46. The van der Waals surface area contributed by atoms with E-state index in [1.165, 1.54) is 11.3 Å². The van der Waals surface area contributed by atoms with Crippen molar-refractivity contribution in [2.75, 3.05) is 6.67 Å². The Kier molecular flexibility index (Phi) is 3.30. The van der Waals surface area contributed by atoms with Gasteiger partial charge >= 0.3 is 0 Å². The van der Waals surface area contributed by atoms with Crippen LogP contribution >= 0.6 is 22.9 Å². The molecule has 0 saturated carbocycles. The van der Waals surface area contributed by atoms with Crippen LogP contribution in [0.15, 0.2) is 12.1 Å². The molecule has 1 aromatic heterocycles. The molecule has 0 spiro atoms. The van der Waals surface area contributed by atoms with Gasteiger partial charge in [0.25, 0.3) is 0 Å². The van der Waals surface area contributed by atoms with E-state index in [2.05, 4.69) is 0 Å². The molecule has 4 heteroatoms. The maximum atomic E-state index is 11.8. The van der Waals surface area contributed by atoms with Crippen molar-refractivity contribution in [3.05, 3.63) is 21.3 Å². The maximum Gasteiger partial charge on any atom is 0.0931 e. The number of hydrogen-bond acceptors (Lipinski definition) is 2. The number of halogens is 2. The van der Waals surface area contributed by atoms with Crippen molar-refractivity contribution in [2.24, 2.45) is 5.73 Å². The lowest BCUT2D eigenvalue weighted by molar-refractivity contribution is 0.444. The van der Waals surface area contributed by atoms with E-state index in [4.69, 9.17) is 17.3 Å². The van der Waals surface area contributed by atoms with Gasteiger partial charge in [-0.3, -0.25) is 4.39 Å². The summed E-state index contributed by atoms with van der Waals surface area (Å²) in [5.74, 6) is 0. The lowest BCUT2D eigenvalue weighted by atomic mass is 10.2. The maximum absolute atomic E-state index is 11.8. The van der Waals surface area contributed by atoms with Crippen LogP contribution in [0.3, 0.4) is 0 Å². The summed E-state index contributed by atoms with van der Waals surface area (Å²) in [6.45, 7) is -0.378. The van der Waals surface area contributed by atoms with Gasteiger partial charge in [-0.1, -0.05) is 11.6 Å². The van der Waals surface area contributed by atoms with Gasteiger partial charge < -0.3 is 5.73 Å². The fourth-order valence-electron chi connectivity index (χ4n) is 0.787. The van der Waals surface area contributed by atoms with Crippen LogP contribution < -0.4 is 5.73 Å². The standard InChI is InChI=1S/C7H9ClFNS/c8-7-2-1-6(11-7)5(10)3-4-9/h1-2,5H,3-4,10H2/t5-/m0/s1. The number of alkyl halides is 1. The molecule has 0 bridgehead atoms. The highest BCUT2D eigenvalue weighted by Crippen LogP contribution is 2.26. The molecule has 0 fully saturated rings. The van der Waals surface area contributed by atoms with Gasteiger partial charge in [-0.05, 0) is 18.6 Å². The molecule has 0 aliphatic carbocycles. The van der Waals surface area contributed by atoms with E-state index >= 15 is 0 Å². The summed E-state index contributed by atoms with van der Waals surface area (Å²) in [5.41, 5.74) is 5.63. The first-order chi connectivity index (χ1) is 5.24. The van der Waals surface area contributed by atoms with Crippen LogP contribution in [0.4, 0.5) is 4.39 Å². The topological polar surface area (TPSA) is 26.0 Å². The van der Waals surface area contributed by atoms with E-state index in [0.29, 0.717) is 10.8 Å². The molecule has 0 aromatic carbocycles. The fraction of sp³-hybridized carbons (Fsp3) is 0.429. The van der Waals surface area contributed by atoms with Gasteiger partial charge in [0.2, 0.25) is 0 Å². The van der Waals surface area contributed by atoms with E-state index in [0.717, 1.165) is 4.88 Å². The minimum atomic E-state index is -0.378. The van der Waals surface area contributed by atoms with Crippen LogP contribution in [0.25, 0.3) is 0 Å². The Morgan fingerprint density at radius 1 is 1.64 bits per heavy atom. The van der Waals surface area contributed by atoms with Crippen molar-refractivity contribution in [3.8, 4) is 0 Å². The second-order valence-corrected chi connectivity index (χ2v) is 3.97. The molecule has 1 atom stereocenters. The highest BCUT2D eigenvalue weighted by Gasteiger charge is 2.07. The van der Waals surface area contributed by atoms with E-state index in [-0.39, 0.29) is 12.7 Å². The highest BCUT2D eigenvalue weighted by atomic mass is 35.5. The van der Waals surface area contributed by atoms with Crippen LogP contribution in [0, 0.1) is 0 Å². The Bertz CT molecular complexity index is 226. The largest absolute Gasteiger partial charge is 0.323 e. The first-order valence-electron chi connectivity index (χ1n) is 3.31. The molecule has 0 aliphatic rings. The normalized spacial score (nSPS) is 13.4. The average molecular weight is 194 g/mol. The Balaban J connectivity index is 2.60. The molecule has 11 heavy (non-hydrogen) atoms. The number of rotatable bonds is 3. The predicted octanol–water partition coefficient (Wildman–Crippen LogP) is 2.76. The smallest absolute Gasteiger partial charge is 0.0931 e. The van der Waals surface area contributed by atoms with Gasteiger partial charge in [-0.25, -0.2) is 0 Å². The lowest BCUT2D eigenvalue weighted by Gasteiger charge is -2.04. The zero-order chi connectivity index (χ0) is 8.27. The molecule has 0 aliphatic heterocycles. The summed E-state index contributed by atoms with van der Waals surface area (Å²) < 4.78 is 12.5. The van der Waals surface area contributed by atoms with Crippen molar-refractivity contribution >= 4 is 22.9 Å². The SMILES string of the molecule is N[C@@H](CCF)c1ccc(Cl)s1. The van der Waals surface area contributed by atoms with Crippen molar-refractivity contribution in [1.29, 1.82) is 0 Å². The van der Waals surface area contributed by atoms with Crippen LogP contribution in [0.5, 0.6) is 0 Å². The van der Waals surface area contributed by atoms with E-state index in [1.807, 2.05) is 6.07 Å². The molecule has 1 aromatic rings. The quantitative estimate of drug-likeness (QED) is 0.785. The van der Waals surface area contributed by atoms with Crippen molar-refractivity contribution in [1.82, 2.24) is 0 Å². The minimum absolute atomic E-state index is 0.197. The predicted molar refractivity (Wildman–Crippen MR) is 46.8 cm³/mol. The van der Waals surface area contributed by atoms with Gasteiger partial charge in [0, 0.05) is 10.9 Å². The van der Waals surface area contributed by atoms with Gasteiger partial charge in [0.15, 0.2) is 0 Å². The Hall–Kier alpha value is -0.120. The molecule has 1 rings (SSSR count). The third kappa shape index (κ3) is 2.43. The van der Waals surface area contributed by atoms with Gasteiger partial charge in [-0.2, -0.15) is 0 Å². The molecule has 1 nitrogen and oxygen atoms in total. The second kappa shape index (κ2) is 4.04. The third-order valence-corrected chi connectivity index (χ3v) is 2.74. The molecule has 0 amide bonds. The third-order valence-electron chi connectivity index (χ3n) is 1.38. The number of nitrogens with two attached hydrogens (primary N) is 1. The first-order valence-corrected chi connectivity index (χ1v) is 4.50. The monoisotopic (exact) mass is 193 g/mol. The molecule has 0 saturated heterocycles. The number of thiophene rings is 1. The van der Waals surface area contributed by atoms with E-state index < -0.39 is 0 Å². The van der Waals surface area contributed by atoms with Crippen LogP contribution in [0.1, 0.15) is 17.3 Å². The van der Waals surface area contributed by atoms with Crippen molar-refractivity contribution < 1.29 is 4.39 Å². The molecular weight excluding hydrogens is 185 g/mol. The molecular formula is C7H9ClFNS. The van der Waals surface area contributed by atoms with Crippen LogP contribution in [-0.4, -0.2) is 6.67 Å². The van der Waals surface area contributed by atoms with E-state index in [1.54, 1.807) is 6.07 Å². The Morgan fingerprint density at radius 3 is 2.82 bits per heavy atom. The summed E-state index contributed by atoms with van der Waals surface area (Å²) in [6.07, 6.45) is 0.372. The van der Waals surface area contributed by atoms with Gasteiger partial charge in [0.1, 0.15) is 0 Å². The Labute approximate surface area is 74.0 Å². The van der Waals surface area contributed by atoms with E-state index in [9.17, 15) is 4.39 Å². The van der Waals surface area contributed by atoms with Crippen molar-refractivity contribution in [2.45, 2.75) is 12.5 Å². The Morgan fingerprint density at radius 2 is 2.36 bits per heavy atom. The summed E-state index contributed by atoms with van der Waals surface area (Å²) in [7, 11) is 0. The summed E-state index contributed by atoms with van der Waals surface area (Å²) in [5, 5.41) is 0. The van der Waals surface area contributed by atoms with Crippen molar-refractivity contribution in [3.63, 3.8) is 0 Å². The van der Waals surface area contributed by atoms with Crippen LogP contribution in [0.2, 0.25) is 4.34 Å². The van der Waals surface area contributed by atoms with Gasteiger partial charge in [0.05, 0.1) is 11.0 Å². The molecule has 2 N–H and O–H groups in total. The van der Waals surface area contributed by atoms with Gasteiger partial charge in [-0.15, -0.1) is 11.3 Å².